The molecule has 0 N–H and O–H groups in total. The highest BCUT2D eigenvalue weighted by Crippen LogP contribution is 2.08. The molecule has 0 atom stereocenters. The van der Waals surface area contributed by atoms with Gasteiger partial charge in [-0.05, 0) is 0 Å². The third kappa shape index (κ3) is 0.733. The van der Waals surface area contributed by atoms with Crippen molar-refractivity contribution in [3.8, 4) is 0 Å². The van der Waals surface area contributed by atoms with Crippen LogP contribution in [0.2, 0.25) is 0 Å². The van der Waals surface area contributed by atoms with Crippen LogP contribution in [0, 0.1) is 6.20 Å². The van der Waals surface area contributed by atoms with Gasteiger partial charge in [-0.15, -0.1) is 0 Å². The largest absolute Gasteiger partial charge is 0.285 e. The maximum absolute atomic E-state index is 12.4. The molecule has 50 valence electrons. The first-order valence-electron chi connectivity index (χ1n) is 2.90. The van der Waals surface area contributed by atoms with E-state index in [2.05, 4.69) is 11.2 Å². The normalized spacial score (nSPS) is 23.3. The van der Waals surface area contributed by atoms with Crippen LogP contribution in [0.1, 0.15) is 0 Å². The summed E-state index contributed by atoms with van der Waals surface area (Å²) in [6.07, 6.45) is 7.19. The molecule has 0 spiro atoms. The summed E-state index contributed by atoms with van der Waals surface area (Å²) in [7, 11) is 0. The highest BCUT2D eigenvalue weighted by atomic mass is 19.2. The number of fused-ring (bicyclic) bond motifs is 1. The lowest BCUT2D eigenvalue weighted by Gasteiger charge is -2.11. The van der Waals surface area contributed by atoms with E-state index >= 15 is 0 Å². The van der Waals surface area contributed by atoms with Crippen molar-refractivity contribution in [2.75, 3.05) is 6.67 Å². The summed E-state index contributed by atoms with van der Waals surface area (Å²) in [5.41, 5.74) is 0. The zero-order valence-electron chi connectivity index (χ0n) is 5.16. The van der Waals surface area contributed by atoms with Crippen molar-refractivity contribution in [2.45, 2.75) is 0 Å². The Morgan fingerprint density at radius 3 is 3.60 bits per heavy atom. The molecule has 2 radical (unpaired) electrons. The molecule has 0 saturated carbocycles. The molecule has 0 unspecified atom stereocenters. The predicted molar refractivity (Wildman–Crippen MR) is 34.3 cm³/mol. The third-order valence-electron chi connectivity index (χ3n) is 1.36. The fourth-order valence-electron chi connectivity index (χ4n) is 0.882. The van der Waals surface area contributed by atoms with Crippen LogP contribution in [0.3, 0.4) is 0 Å². The molecule has 10 heavy (non-hydrogen) atoms. The number of hydrogen-bond donors (Lipinski definition) is 0. The van der Waals surface area contributed by atoms with Gasteiger partial charge in [-0.1, -0.05) is 9.38 Å². The molecule has 2 aliphatic heterocycles. The van der Waals surface area contributed by atoms with Crippen LogP contribution in [-0.2, 0) is 0 Å². The van der Waals surface area contributed by atoms with E-state index < -0.39 is 0 Å². The second-order valence-electron chi connectivity index (χ2n) is 2.05. The number of hydrogen-bond acceptors (Lipinski definition) is 3. The Bertz CT molecular complexity index is 231. The predicted octanol–water partition coefficient (Wildman–Crippen LogP) is 0.484. The minimum atomic E-state index is 0.211. The maximum atomic E-state index is 12.4. The first kappa shape index (κ1) is 5.61. The summed E-state index contributed by atoms with van der Waals surface area (Å²) >= 11 is 0. The average molecular weight is 138 g/mol. The van der Waals surface area contributed by atoms with E-state index in [4.69, 9.17) is 0 Å². The van der Waals surface area contributed by atoms with Crippen molar-refractivity contribution in [1.29, 1.82) is 0 Å². The highest BCUT2D eigenvalue weighted by molar-refractivity contribution is 5.97. The summed E-state index contributed by atoms with van der Waals surface area (Å²) in [5.74, 6) is 0.744. The molecule has 0 bridgehead atoms. The van der Waals surface area contributed by atoms with Crippen molar-refractivity contribution >= 4 is 5.84 Å². The molecule has 0 amide bonds. The Labute approximate surface area is 57.7 Å². The molecule has 2 heterocycles. The van der Waals surface area contributed by atoms with Crippen LogP contribution in [-0.4, -0.2) is 17.6 Å². The van der Waals surface area contributed by atoms with Gasteiger partial charge in [0.25, 0.3) is 5.84 Å². The fourth-order valence-corrected chi connectivity index (χ4v) is 0.882. The molecule has 3 nitrogen and oxygen atoms in total. The Morgan fingerprint density at radius 1 is 1.80 bits per heavy atom. The van der Waals surface area contributed by atoms with E-state index in [0.29, 0.717) is 5.12 Å². The number of amidine groups is 1. The summed E-state index contributed by atoms with van der Waals surface area (Å²) in [6, 6.07) is 0. The van der Waals surface area contributed by atoms with Gasteiger partial charge >= 0.3 is 0 Å². The van der Waals surface area contributed by atoms with Gasteiger partial charge in [0, 0.05) is 12.3 Å². The van der Waals surface area contributed by atoms with Gasteiger partial charge < -0.3 is 0 Å². The van der Waals surface area contributed by atoms with Gasteiger partial charge in [0.15, 0.2) is 12.4 Å². The standard InChI is InChI=1S/C6H5FN3/c7-10-3-1-6-8-2-4-9(6)5-10/h1,3-4H,5H2/q+1. The van der Waals surface area contributed by atoms with Crippen molar-refractivity contribution < 1.29 is 4.48 Å². The zero-order valence-corrected chi connectivity index (χ0v) is 5.16. The van der Waals surface area contributed by atoms with Gasteiger partial charge in [0.2, 0.25) is 6.67 Å². The molecule has 2 rings (SSSR count). The van der Waals surface area contributed by atoms with Gasteiger partial charge in [0.1, 0.15) is 0 Å². The van der Waals surface area contributed by atoms with E-state index in [0.717, 1.165) is 5.84 Å². The Morgan fingerprint density at radius 2 is 2.70 bits per heavy atom. The van der Waals surface area contributed by atoms with Crippen LogP contribution in [0.5, 0.6) is 0 Å². The van der Waals surface area contributed by atoms with Crippen molar-refractivity contribution in [1.82, 2.24) is 10.0 Å². The Hall–Kier alpha value is -1.16. The number of rotatable bonds is 0. The Balaban J connectivity index is 2.27. The first-order chi connectivity index (χ1) is 4.86. The van der Waals surface area contributed by atoms with Crippen LogP contribution >= 0.6 is 0 Å². The molecular weight excluding hydrogens is 133 g/mol. The first-order valence-corrected chi connectivity index (χ1v) is 2.90. The lowest BCUT2D eigenvalue weighted by Crippen LogP contribution is -2.38. The molecular formula is C6H5FN3+. The SMILES string of the molecule is FN1C=CC2=N[C]=C[N+]2C1. The second kappa shape index (κ2) is 1.91. The highest BCUT2D eigenvalue weighted by Gasteiger charge is 2.29. The molecule has 0 aromatic heterocycles. The fraction of sp³-hybridized carbons (Fsp3) is 0.167. The number of aliphatic imine (C=N–C) groups is 1. The van der Waals surface area contributed by atoms with E-state index in [1.807, 2.05) is 0 Å². The molecule has 4 heteroatoms. The third-order valence-corrected chi connectivity index (χ3v) is 1.36. The molecule has 0 aliphatic carbocycles. The number of nitrogens with zero attached hydrogens (tertiary/aromatic N) is 3. The van der Waals surface area contributed by atoms with Crippen LogP contribution < -0.4 is 4.90 Å². The smallest absolute Gasteiger partial charge is 0.184 e. The van der Waals surface area contributed by atoms with Gasteiger partial charge in [-0.2, -0.15) is 10.1 Å². The van der Waals surface area contributed by atoms with E-state index in [9.17, 15) is 4.48 Å². The second-order valence-corrected chi connectivity index (χ2v) is 2.05. The summed E-state index contributed by atoms with van der Waals surface area (Å²) in [5, 5.41) is 0.586. The van der Waals surface area contributed by atoms with Crippen molar-refractivity contribution in [3.63, 3.8) is 0 Å². The average Bonchev–Trinajstić information content (AvgIpc) is 2.33. The zero-order chi connectivity index (χ0) is 6.97. The van der Waals surface area contributed by atoms with Crippen molar-refractivity contribution in [2.24, 2.45) is 4.99 Å². The molecule has 0 aromatic rings. The lowest BCUT2D eigenvalue weighted by atomic mass is 10.4. The van der Waals surface area contributed by atoms with Crippen molar-refractivity contribution in [3.05, 3.63) is 24.7 Å². The van der Waals surface area contributed by atoms with E-state index in [-0.39, 0.29) is 6.67 Å². The molecule has 2 aliphatic rings. The van der Waals surface area contributed by atoms with Gasteiger partial charge in [0.05, 0.1) is 0 Å². The molecule has 0 saturated heterocycles. The Kier molecular flexibility index (Phi) is 1.07. The number of halogens is 1. The lowest BCUT2D eigenvalue weighted by molar-refractivity contribution is 0.0711. The summed E-state index contributed by atoms with van der Waals surface area (Å²) in [4.78, 5) is 5.52. The topological polar surface area (TPSA) is 21.5 Å². The quantitative estimate of drug-likeness (QED) is 0.352. The maximum Gasteiger partial charge on any atom is 0.285 e. The summed E-state index contributed by atoms with van der Waals surface area (Å²) < 4.78 is 12.4. The molecule has 0 aromatic carbocycles. The summed E-state index contributed by atoms with van der Waals surface area (Å²) in [6.45, 7) is 0.211. The molecule has 0 fully saturated rings. The van der Waals surface area contributed by atoms with E-state index in [1.165, 1.54) is 6.20 Å². The van der Waals surface area contributed by atoms with Crippen LogP contribution in [0.25, 0.3) is 0 Å². The van der Waals surface area contributed by atoms with Gasteiger partial charge in [-0.3, -0.25) is 0 Å². The van der Waals surface area contributed by atoms with E-state index in [1.54, 1.807) is 17.2 Å². The minimum Gasteiger partial charge on any atom is -0.184 e. The monoisotopic (exact) mass is 138 g/mol. The van der Waals surface area contributed by atoms with Gasteiger partial charge in [-0.25, -0.2) is 0 Å². The van der Waals surface area contributed by atoms with Crippen LogP contribution in [0.15, 0.2) is 23.5 Å². The minimum absolute atomic E-state index is 0.211. The van der Waals surface area contributed by atoms with Crippen LogP contribution in [0.4, 0.5) is 4.48 Å².